The number of fused-ring (bicyclic) bond motifs is 1. The molecule has 4 heterocycles. The van der Waals surface area contributed by atoms with Crippen LogP contribution in [0.25, 0.3) is 0 Å². The van der Waals surface area contributed by atoms with E-state index in [2.05, 4.69) is 70.9 Å². The Kier molecular flexibility index (Phi) is 6.79. The maximum absolute atomic E-state index is 11.9. The Hall–Kier alpha value is -2.48. The van der Waals surface area contributed by atoms with Gasteiger partial charge in [0.25, 0.3) is 0 Å². The van der Waals surface area contributed by atoms with Crippen molar-refractivity contribution in [2.75, 3.05) is 29.9 Å². The van der Waals surface area contributed by atoms with E-state index >= 15 is 0 Å². The van der Waals surface area contributed by atoms with Crippen molar-refractivity contribution in [1.29, 1.82) is 0 Å². The third-order valence-electron chi connectivity index (χ3n) is 6.59. The quantitative estimate of drug-likeness (QED) is 0.685. The van der Waals surface area contributed by atoms with Crippen LogP contribution < -0.4 is 15.5 Å². The third-order valence-corrected chi connectivity index (χ3v) is 6.59. The fourth-order valence-corrected chi connectivity index (χ4v) is 4.81. The monoisotopic (exact) mass is 439 g/mol. The number of piperidine rings is 1. The highest BCUT2D eigenvalue weighted by Crippen LogP contribution is 2.38. The fourth-order valence-electron chi connectivity index (χ4n) is 4.81. The van der Waals surface area contributed by atoms with E-state index in [1.54, 1.807) is 6.33 Å². The average molecular weight is 440 g/mol. The van der Waals surface area contributed by atoms with Gasteiger partial charge in [-0.15, -0.1) is 0 Å². The van der Waals surface area contributed by atoms with Gasteiger partial charge in [0.2, 0.25) is 5.91 Å². The maximum atomic E-state index is 11.9. The molecule has 0 unspecified atom stereocenters. The van der Waals surface area contributed by atoms with Crippen LogP contribution in [0.5, 0.6) is 0 Å². The van der Waals surface area contributed by atoms with Crippen molar-refractivity contribution in [3.63, 3.8) is 0 Å². The summed E-state index contributed by atoms with van der Waals surface area (Å²) >= 11 is 0. The van der Waals surface area contributed by atoms with Gasteiger partial charge < -0.3 is 20.1 Å². The summed E-state index contributed by atoms with van der Waals surface area (Å²) in [6.45, 7) is 14.6. The van der Waals surface area contributed by atoms with Crippen LogP contribution in [0.2, 0.25) is 0 Å². The second-order valence-corrected chi connectivity index (χ2v) is 9.86. The second kappa shape index (κ2) is 9.57. The zero-order chi connectivity index (χ0) is 22.8. The minimum absolute atomic E-state index is 0.0353. The molecule has 174 valence electrons. The van der Waals surface area contributed by atoms with Crippen molar-refractivity contribution in [2.24, 2.45) is 0 Å². The number of hydrogen-bond acceptors (Lipinski definition) is 6. The summed E-state index contributed by atoms with van der Waals surface area (Å²) in [5.74, 6) is 3.93. The molecule has 8 heteroatoms. The molecule has 32 heavy (non-hydrogen) atoms. The molecule has 4 rings (SSSR count). The van der Waals surface area contributed by atoms with Crippen LogP contribution in [0, 0.1) is 0 Å². The summed E-state index contributed by atoms with van der Waals surface area (Å²) in [6, 6.07) is 0.487. The predicted molar refractivity (Wildman–Crippen MR) is 127 cm³/mol. The van der Waals surface area contributed by atoms with Gasteiger partial charge in [0, 0.05) is 56.3 Å². The Labute approximate surface area is 191 Å². The number of carbonyl (C=O) groups is 1. The van der Waals surface area contributed by atoms with Gasteiger partial charge in [0.15, 0.2) is 0 Å². The lowest BCUT2D eigenvalue weighted by Gasteiger charge is -2.35. The molecule has 1 atom stereocenters. The molecule has 1 fully saturated rings. The number of rotatable bonds is 7. The summed E-state index contributed by atoms with van der Waals surface area (Å²) in [5.41, 5.74) is 2.26. The first-order valence-corrected chi connectivity index (χ1v) is 12.0. The van der Waals surface area contributed by atoms with Crippen LogP contribution in [0.3, 0.4) is 0 Å². The van der Waals surface area contributed by atoms with Crippen molar-refractivity contribution >= 4 is 17.5 Å². The van der Waals surface area contributed by atoms with Crippen LogP contribution in [0.1, 0.15) is 88.7 Å². The SMILES string of the molecule is CC(C)NCCn1cc(C(C)C)nc1C1CCN(c2ncnc3c2[C@H](C)CC(=O)N3)CC1. The molecule has 8 nitrogen and oxygen atoms in total. The molecular formula is C24H37N7O. The molecule has 2 aliphatic heterocycles. The summed E-state index contributed by atoms with van der Waals surface area (Å²) < 4.78 is 2.37. The minimum atomic E-state index is 0.0353. The van der Waals surface area contributed by atoms with Gasteiger partial charge in [-0.25, -0.2) is 15.0 Å². The van der Waals surface area contributed by atoms with E-state index in [1.165, 1.54) is 11.5 Å². The molecule has 2 aromatic rings. The van der Waals surface area contributed by atoms with E-state index in [0.717, 1.165) is 50.4 Å². The Morgan fingerprint density at radius 2 is 1.94 bits per heavy atom. The van der Waals surface area contributed by atoms with E-state index in [-0.39, 0.29) is 11.8 Å². The van der Waals surface area contributed by atoms with Gasteiger partial charge in [0.05, 0.1) is 5.69 Å². The van der Waals surface area contributed by atoms with Crippen LogP contribution in [0.15, 0.2) is 12.5 Å². The molecule has 1 saturated heterocycles. The van der Waals surface area contributed by atoms with Crippen LogP contribution >= 0.6 is 0 Å². The predicted octanol–water partition coefficient (Wildman–Crippen LogP) is 3.62. The van der Waals surface area contributed by atoms with Crippen LogP contribution in [0.4, 0.5) is 11.6 Å². The molecule has 2 aromatic heterocycles. The summed E-state index contributed by atoms with van der Waals surface area (Å²) in [4.78, 5) is 28.3. The molecule has 0 bridgehead atoms. The highest BCUT2D eigenvalue weighted by molar-refractivity contribution is 5.94. The number of nitrogens with one attached hydrogen (secondary N) is 2. The minimum Gasteiger partial charge on any atom is -0.356 e. The lowest BCUT2D eigenvalue weighted by molar-refractivity contribution is -0.116. The van der Waals surface area contributed by atoms with E-state index in [1.807, 2.05) is 0 Å². The molecule has 0 radical (unpaired) electrons. The molecule has 1 amide bonds. The van der Waals surface area contributed by atoms with Gasteiger partial charge in [-0.3, -0.25) is 4.79 Å². The van der Waals surface area contributed by atoms with E-state index in [9.17, 15) is 4.79 Å². The van der Waals surface area contributed by atoms with Gasteiger partial charge in [-0.2, -0.15) is 0 Å². The summed E-state index contributed by atoms with van der Waals surface area (Å²) in [7, 11) is 0. The Morgan fingerprint density at radius 3 is 2.62 bits per heavy atom. The average Bonchev–Trinajstić information content (AvgIpc) is 3.17. The van der Waals surface area contributed by atoms with Crippen molar-refractivity contribution in [3.05, 3.63) is 29.6 Å². The smallest absolute Gasteiger partial charge is 0.226 e. The summed E-state index contributed by atoms with van der Waals surface area (Å²) in [5, 5.41) is 6.44. The molecular weight excluding hydrogens is 402 g/mol. The molecule has 0 spiro atoms. The lowest BCUT2D eigenvalue weighted by atomic mass is 9.92. The summed E-state index contributed by atoms with van der Waals surface area (Å²) in [6.07, 6.45) is 6.41. The molecule has 2 N–H and O–H groups in total. The van der Waals surface area contributed by atoms with Crippen LogP contribution in [-0.4, -0.2) is 51.1 Å². The number of imidazole rings is 1. The Morgan fingerprint density at radius 1 is 1.19 bits per heavy atom. The highest BCUT2D eigenvalue weighted by atomic mass is 16.1. The topological polar surface area (TPSA) is 88.0 Å². The second-order valence-electron chi connectivity index (χ2n) is 9.86. The number of nitrogens with zero attached hydrogens (tertiary/aromatic N) is 5. The van der Waals surface area contributed by atoms with Gasteiger partial charge in [-0.1, -0.05) is 34.6 Å². The van der Waals surface area contributed by atoms with E-state index < -0.39 is 0 Å². The zero-order valence-corrected chi connectivity index (χ0v) is 20.1. The Balaban J connectivity index is 1.49. The van der Waals surface area contributed by atoms with Gasteiger partial charge in [0.1, 0.15) is 23.8 Å². The maximum Gasteiger partial charge on any atom is 0.226 e. The first-order chi connectivity index (χ1) is 15.3. The third kappa shape index (κ3) is 4.80. The lowest BCUT2D eigenvalue weighted by Crippen LogP contribution is -2.36. The molecule has 0 saturated carbocycles. The van der Waals surface area contributed by atoms with E-state index in [4.69, 9.17) is 4.98 Å². The fraction of sp³-hybridized carbons (Fsp3) is 0.667. The number of hydrogen-bond donors (Lipinski definition) is 2. The number of aromatic nitrogens is 4. The van der Waals surface area contributed by atoms with Crippen molar-refractivity contribution in [3.8, 4) is 0 Å². The first-order valence-electron chi connectivity index (χ1n) is 12.0. The number of amides is 1. The van der Waals surface area contributed by atoms with Crippen molar-refractivity contribution < 1.29 is 4.79 Å². The molecule has 2 aliphatic rings. The van der Waals surface area contributed by atoms with Crippen LogP contribution in [-0.2, 0) is 11.3 Å². The molecule has 0 aromatic carbocycles. The van der Waals surface area contributed by atoms with Crippen molar-refractivity contribution in [1.82, 2.24) is 24.8 Å². The first kappa shape index (κ1) is 22.7. The normalized spacial score (nSPS) is 19.5. The Bertz CT molecular complexity index is 944. The van der Waals surface area contributed by atoms with Gasteiger partial charge in [-0.05, 0) is 24.7 Å². The molecule has 0 aliphatic carbocycles. The highest BCUT2D eigenvalue weighted by Gasteiger charge is 2.31. The van der Waals surface area contributed by atoms with Gasteiger partial charge >= 0.3 is 0 Å². The zero-order valence-electron chi connectivity index (χ0n) is 20.1. The largest absolute Gasteiger partial charge is 0.356 e. The standard InChI is InChI=1S/C24H37N7O/c1-15(2)19-13-31(11-8-25-16(3)4)23(28-19)18-6-9-30(10-7-18)24-21-17(5)12-20(32)29-22(21)26-14-27-24/h13-18,25H,6-12H2,1-5H3,(H,26,27,29,32)/t17-/m1/s1. The number of anilines is 2. The van der Waals surface area contributed by atoms with E-state index in [0.29, 0.717) is 30.1 Å². The number of carbonyl (C=O) groups excluding carboxylic acids is 1. The van der Waals surface area contributed by atoms with Crippen molar-refractivity contribution in [2.45, 2.75) is 84.2 Å².